The van der Waals surface area contributed by atoms with Crippen LogP contribution in [0.4, 0.5) is 5.69 Å². The number of anilines is 1. The van der Waals surface area contributed by atoms with Crippen LogP contribution in [0.25, 0.3) is 0 Å². The molecule has 0 spiro atoms. The van der Waals surface area contributed by atoms with Gasteiger partial charge in [0.2, 0.25) is 11.8 Å². The fourth-order valence-corrected chi connectivity index (χ4v) is 0.942. The molecule has 0 aliphatic rings. The molecule has 5 N–H and O–H groups in total. The summed E-state index contributed by atoms with van der Waals surface area (Å²) in [6.45, 7) is 0.0654. The second-order valence-corrected chi connectivity index (χ2v) is 2.76. The van der Waals surface area contributed by atoms with E-state index in [1.54, 1.807) is 24.3 Å². The number of amides is 2. The molecule has 0 unspecified atom stereocenters. The number of nitrogens with one attached hydrogen (secondary N) is 1. The quantitative estimate of drug-likeness (QED) is 0.611. The van der Waals surface area contributed by atoms with Crippen LogP contribution in [0, 0.1) is 0 Å². The monoisotopic (exact) mass is 193 g/mol. The van der Waals surface area contributed by atoms with Crippen molar-refractivity contribution in [2.24, 2.45) is 11.5 Å². The molecular formula is C9H11N3O2. The van der Waals surface area contributed by atoms with Gasteiger partial charge in [0.1, 0.15) is 0 Å². The molecule has 1 aromatic carbocycles. The summed E-state index contributed by atoms with van der Waals surface area (Å²) in [6.07, 6.45) is 0. The molecule has 0 fully saturated rings. The normalized spacial score (nSPS) is 9.43. The highest BCUT2D eigenvalue weighted by Gasteiger charge is 1.99. The molecule has 1 aromatic rings. The molecule has 14 heavy (non-hydrogen) atoms. The topological polar surface area (TPSA) is 98.2 Å². The number of carbonyl (C=O) groups excluding carboxylic acids is 2. The summed E-state index contributed by atoms with van der Waals surface area (Å²) in [4.78, 5) is 21.1. The lowest BCUT2D eigenvalue weighted by molar-refractivity contribution is -0.116. The standard InChI is InChI=1S/C9H11N3O2/c10-8(13)5-12-7-3-1-6(2-4-7)9(11)14/h1-4,12H,5H2,(H2,10,13)(H2,11,14). The van der Waals surface area contributed by atoms with Crippen LogP contribution in [0.1, 0.15) is 10.4 Å². The molecule has 74 valence electrons. The summed E-state index contributed by atoms with van der Waals surface area (Å²) in [5.74, 6) is -0.921. The predicted octanol–water partition coefficient (Wildman–Crippen LogP) is -0.317. The third-order valence-corrected chi connectivity index (χ3v) is 1.64. The molecule has 5 nitrogen and oxygen atoms in total. The average Bonchev–Trinajstić information content (AvgIpc) is 2.15. The summed E-state index contributed by atoms with van der Waals surface area (Å²) in [5, 5.41) is 2.78. The zero-order valence-electron chi connectivity index (χ0n) is 7.49. The van der Waals surface area contributed by atoms with Gasteiger partial charge in [-0.15, -0.1) is 0 Å². The van der Waals surface area contributed by atoms with Crippen molar-refractivity contribution in [3.05, 3.63) is 29.8 Å². The molecule has 5 heteroatoms. The maximum absolute atomic E-state index is 10.7. The first-order chi connectivity index (χ1) is 6.59. The zero-order valence-corrected chi connectivity index (χ0v) is 7.49. The largest absolute Gasteiger partial charge is 0.376 e. The Bertz CT molecular complexity index is 346. The SMILES string of the molecule is NC(=O)CNc1ccc(C(N)=O)cc1. The predicted molar refractivity (Wildman–Crippen MR) is 52.6 cm³/mol. The smallest absolute Gasteiger partial charge is 0.248 e. The Labute approximate surface area is 81.1 Å². The van der Waals surface area contributed by atoms with E-state index in [0.717, 1.165) is 0 Å². The van der Waals surface area contributed by atoms with E-state index in [-0.39, 0.29) is 6.54 Å². The fraction of sp³-hybridized carbons (Fsp3) is 0.111. The van der Waals surface area contributed by atoms with Crippen LogP contribution >= 0.6 is 0 Å². The third-order valence-electron chi connectivity index (χ3n) is 1.64. The van der Waals surface area contributed by atoms with Gasteiger partial charge in [-0.2, -0.15) is 0 Å². The Kier molecular flexibility index (Phi) is 3.06. The van der Waals surface area contributed by atoms with E-state index in [4.69, 9.17) is 11.5 Å². The Balaban J connectivity index is 2.64. The van der Waals surface area contributed by atoms with Gasteiger partial charge in [0.15, 0.2) is 0 Å². The van der Waals surface area contributed by atoms with E-state index < -0.39 is 11.8 Å². The van der Waals surface area contributed by atoms with Crippen LogP contribution in [0.5, 0.6) is 0 Å². The number of carbonyl (C=O) groups is 2. The van der Waals surface area contributed by atoms with Crippen molar-refractivity contribution >= 4 is 17.5 Å². The van der Waals surface area contributed by atoms with Crippen molar-refractivity contribution < 1.29 is 9.59 Å². The number of rotatable bonds is 4. The van der Waals surface area contributed by atoms with Gasteiger partial charge in [0.05, 0.1) is 6.54 Å². The number of nitrogens with two attached hydrogens (primary N) is 2. The lowest BCUT2D eigenvalue weighted by Gasteiger charge is -2.03. The van der Waals surface area contributed by atoms with Crippen LogP contribution in [-0.4, -0.2) is 18.4 Å². The number of benzene rings is 1. The summed E-state index contributed by atoms with van der Waals surface area (Å²) in [5.41, 5.74) is 11.1. The van der Waals surface area contributed by atoms with Crippen LogP contribution < -0.4 is 16.8 Å². The van der Waals surface area contributed by atoms with Crippen LogP contribution in [0.3, 0.4) is 0 Å². The minimum absolute atomic E-state index is 0.0654. The van der Waals surface area contributed by atoms with E-state index in [0.29, 0.717) is 11.3 Å². The molecule has 0 atom stereocenters. The van der Waals surface area contributed by atoms with Crippen LogP contribution in [0.2, 0.25) is 0 Å². The number of hydrogen-bond donors (Lipinski definition) is 3. The summed E-state index contributed by atoms with van der Waals surface area (Å²) in [6, 6.07) is 6.46. The van der Waals surface area contributed by atoms with E-state index >= 15 is 0 Å². The van der Waals surface area contributed by atoms with Crippen molar-refractivity contribution in [3.63, 3.8) is 0 Å². The lowest BCUT2D eigenvalue weighted by atomic mass is 10.2. The van der Waals surface area contributed by atoms with Crippen molar-refractivity contribution in [1.29, 1.82) is 0 Å². The van der Waals surface area contributed by atoms with E-state index in [1.165, 1.54) is 0 Å². The molecule has 0 saturated carbocycles. The van der Waals surface area contributed by atoms with Gasteiger partial charge in [-0.05, 0) is 24.3 Å². The highest BCUT2D eigenvalue weighted by atomic mass is 16.1. The maximum atomic E-state index is 10.7. The molecule has 0 aromatic heterocycles. The summed E-state index contributed by atoms with van der Waals surface area (Å²) >= 11 is 0. The molecule has 1 rings (SSSR count). The van der Waals surface area contributed by atoms with Gasteiger partial charge in [0, 0.05) is 11.3 Å². The molecule has 0 aliphatic carbocycles. The Hall–Kier alpha value is -2.04. The molecule has 0 bridgehead atoms. The molecule has 0 aliphatic heterocycles. The van der Waals surface area contributed by atoms with Gasteiger partial charge >= 0.3 is 0 Å². The highest BCUT2D eigenvalue weighted by molar-refractivity contribution is 5.93. The first kappa shape index (κ1) is 10.0. The second kappa shape index (κ2) is 4.27. The third kappa shape index (κ3) is 2.78. The number of hydrogen-bond acceptors (Lipinski definition) is 3. The lowest BCUT2D eigenvalue weighted by Crippen LogP contribution is -2.21. The Morgan fingerprint density at radius 2 is 1.71 bits per heavy atom. The molecule has 0 heterocycles. The first-order valence-electron chi connectivity index (χ1n) is 4.01. The Morgan fingerprint density at radius 3 is 2.14 bits per heavy atom. The maximum Gasteiger partial charge on any atom is 0.248 e. The molecular weight excluding hydrogens is 182 g/mol. The van der Waals surface area contributed by atoms with Gasteiger partial charge in [-0.3, -0.25) is 9.59 Å². The average molecular weight is 193 g/mol. The minimum Gasteiger partial charge on any atom is -0.376 e. The zero-order chi connectivity index (χ0) is 10.6. The summed E-state index contributed by atoms with van der Waals surface area (Å²) < 4.78 is 0. The minimum atomic E-state index is -0.480. The summed E-state index contributed by atoms with van der Waals surface area (Å²) in [7, 11) is 0. The van der Waals surface area contributed by atoms with Crippen molar-refractivity contribution in [1.82, 2.24) is 0 Å². The van der Waals surface area contributed by atoms with E-state index in [2.05, 4.69) is 5.32 Å². The molecule has 0 saturated heterocycles. The van der Waals surface area contributed by atoms with Crippen molar-refractivity contribution in [2.75, 3.05) is 11.9 Å². The van der Waals surface area contributed by atoms with Gasteiger partial charge in [-0.25, -0.2) is 0 Å². The van der Waals surface area contributed by atoms with Gasteiger partial charge in [0.25, 0.3) is 0 Å². The van der Waals surface area contributed by atoms with Gasteiger partial charge in [-0.1, -0.05) is 0 Å². The van der Waals surface area contributed by atoms with Gasteiger partial charge < -0.3 is 16.8 Å². The van der Waals surface area contributed by atoms with Crippen molar-refractivity contribution in [2.45, 2.75) is 0 Å². The fourth-order valence-electron chi connectivity index (χ4n) is 0.942. The molecule has 0 radical (unpaired) electrons. The molecule has 2 amide bonds. The highest BCUT2D eigenvalue weighted by Crippen LogP contribution is 2.08. The number of primary amides is 2. The first-order valence-corrected chi connectivity index (χ1v) is 4.01. The second-order valence-electron chi connectivity index (χ2n) is 2.76. The van der Waals surface area contributed by atoms with Crippen LogP contribution in [-0.2, 0) is 4.79 Å². The van der Waals surface area contributed by atoms with E-state index in [1.807, 2.05) is 0 Å². The Morgan fingerprint density at radius 1 is 1.14 bits per heavy atom. The van der Waals surface area contributed by atoms with E-state index in [9.17, 15) is 9.59 Å². The van der Waals surface area contributed by atoms with Crippen molar-refractivity contribution in [3.8, 4) is 0 Å². The van der Waals surface area contributed by atoms with Crippen LogP contribution in [0.15, 0.2) is 24.3 Å².